The van der Waals surface area contributed by atoms with Gasteiger partial charge in [-0.1, -0.05) is 6.07 Å². The SMILES string of the molecule is CCOc1cc(NC(=O)N2CCCC(C(=O)O)C2)ccc1C. The van der Waals surface area contributed by atoms with Gasteiger partial charge in [-0.25, -0.2) is 4.79 Å². The minimum absolute atomic E-state index is 0.255. The number of nitrogens with one attached hydrogen (secondary N) is 1. The van der Waals surface area contributed by atoms with E-state index in [0.29, 0.717) is 31.7 Å². The molecule has 1 heterocycles. The summed E-state index contributed by atoms with van der Waals surface area (Å²) in [7, 11) is 0. The number of urea groups is 1. The number of carboxylic acids is 1. The molecule has 6 nitrogen and oxygen atoms in total. The Kier molecular flexibility index (Phi) is 5.25. The molecule has 2 N–H and O–H groups in total. The molecule has 0 radical (unpaired) electrons. The smallest absolute Gasteiger partial charge is 0.321 e. The van der Waals surface area contributed by atoms with E-state index in [2.05, 4.69) is 5.32 Å². The first-order valence-electron chi connectivity index (χ1n) is 7.53. The normalized spacial score (nSPS) is 17.9. The van der Waals surface area contributed by atoms with Gasteiger partial charge in [-0.15, -0.1) is 0 Å². The van der Waals surface area contributed by atoms with Crippen molar-refractivity contribution in [3.8, 4) is 5.75 Å². The third kappa shape index (κ3) is 3.90. The molecule has 120 valence electrons. The van der Waals surface area contributed by atoms with Gasteiger partial charge in [0, 0.05) is 24.8 Å². The quantitative estimate of drug-likeness (QED) is 0.896. The van der Waals surface area contributed by atoms with Gasteiger partial charge in [0.05, 0.1) is 12.5 Å². The van der Waals surface area contributed by atoms with Crippen molar-refractivity contribution in [1.82, 2.24) is 4.90 Å². The van der Waals surface area contributed by atoms with E-state index in [9.17, 15) is 9.59 Å². The van der Waals surface area contributed by atoms with Crippen molar-refractivity contribution in [2.24, 2.45) is 5.92 Å². The zero-order chi connectivity index (χ0) is 16.1. The van der Waals surface area contributed by atoms with Gasteiger partial charge in [0.25, 0.3) is 0 Å². The second kappa shape index (κ2) is 7.15. The Morgan fingerprint density at radius 2 is 2.23 bits per heavy atom. The number of likely N-dealkylation sites (tertiary alicyclic amines) is 1. The predicted molar refractivity (Wildman–Crippen MR) is 83.3 cm³/mol. The zero-order valence-corrected chi connectivity index (χ0v) is 13.0. The summed E-state index contributed by atoms with van der Waals surface area (Å²) in [5.41, 5.74) is 1.65. The van der Waals surface area contributed by atoms with Gasteiger partial charge in [0.2, 0.25) is 0 Å². The fourth-order valence-electron chi connectivity index (χ4n) is 2.55. The summed E-state index contributed by atoms with van der Waals surface area (Å²) in [5.74, 6) is -0.578. The number of aryl methyl sites for hydroxylation is 1. The Morgan fingerprint density at radius 1 is 1.45 bits per heavy atom. The van der Waals surface area contributed by atoms with E-state index in [4.69, 9.17) is 9.84 Å². The minimum Gasteiger partial charge on any atom is -0.494 e. The van der Waals surface area contributed by atoms with Crippen LogP contribution in [0.15, 0.2) is 18.2 Å². The number of ether oxygens (including phenoxy) is 1. The van der Waals surface area contributed by atoms with E-state index < -0.39 is 11.9 Å². The molecule has 0 bridgehead atoms. The van der Waals surface area contributed by atoms with Crippen molar-refractivity contribution < 1.29 is 19.4 Å². The number of piperidine rings is 1. The first-order chi connectivity index (χ1) is 10.5. The van der Waals surface area contributed by atoms with E-state index in [1.54, 1.807) is 11.0 Å². The van der Waals surface area contributed by atoms with E-state index >= 15 is 0 Å². The number of carboxylic acid groups (broad SMARTS) is 1. The summed E-state index contributed by atoms with van der Waals surface area (Å²) >= 11 is 0. The molecular formula is C16H22N2O4. The van der Waals surface area contributed by atoms with Crippen LogP contribution in [0.1, 0.15) is 25.3 Å². The van der Waals surface area contributed by atoms with Crippen LogP contribution in [0.4, 0.5) is 10.5 Å². The van der Waals surface area contributed by atoms with Crippen molar-refractivity contribution in [2.75, 3.05) is 25.0 Å². The molecule has 1 aliphatic heterocycles. The molecule has 2 rings (SSSR count). The van der Waals surface area contributed by atoms with Gasteiger partial charge in [0.15, 0.2) is 0 Å². The Hall–Kier alpha value is -2.24. The summed E-state index contributed by atoms with van der Waals surface area (Å²) in [5, 5.41) is 11.9. The fraction of sp³-hybridized carbons (Fsp3) is 0.500. The summed E-state index contributed by atoms with van der Waals surface area (Å²) in [6.45, 7) is 5.25. The summed E-state index contributed by atoms with van der Waals surface area (Å²) in [6.07, 6.45) is 1.33. The maximum absolute atomic E-state index is 12.3. The summed E-state index contributed by atoms with van der Waals surface area (Å²) < 4.78 is 5.51. The number of rotatable bonds is 4. The van der Waals surface area contributed by atoms with Crippen molar-refractivity contribution in [3.63, 3.8) is 0 Å². The highest BCUT2D eigenvalue weighted by Crippen LogP contribution is 2.23. The fourth-order valence-corrected chi connectivity index (χ4v) is 2.55. The van der Waals surface area contributed by atoms with Gasteiger partial charge in [-0.05, 0) is 38.3 Å². The van der Waals surface area contributed by atoms with Gasteiger partial charge in [-0.3, -0.25) is 4.79 Å². The van der Waals surface area contributed by atoms with Gasteiger partial charge in [0.1, 0.15) is 5.75 Å². The molecule has 6 heteroatoms. The zero-order valence-electron chi connectivity index (χ0n) is 13.0. The number of benzene rings is 1. The molecule has 1 saturated heterocycles. The van der Waals surface area contributed by atoms with Crippen LogP contribution in [-0.4, -0.2) is 41.7 Å². The van der Waals surface area contributed by atoms with E-state index in [1.165, 1.54) is 0 Å². The molecule has 0 aliphatic carbocycles. The lowest BCUT2D eigenvalue weighted by molar-refractivity contribution is -0.143. The molecule has 1 fully saturated rings. The second-order valence-corrected chi connectivity index (χ2v) is 5.47. The van der Waals surface area contributed by atoms with Crippen molar-refractivity contribution >= 4 is 17.7 Å². The van der Waals surface area contributed by atoms with Crippen molar-refractivity contribution in [2.45, 2.75) is 26.7 Å². The first-order valence-corrected chi connectivity index (χ1v) is 7.53. The number of carbonyl (C=O) groups excluding carboxylic acids is 1. The van der Waals surface area contributed by atoms with Crippen LogP contribution in [0.25, 0.3) is 0 Å². The number of anilines is 1. The number of nitrogens with zero attached hydrogens (tertiary/aromatic N) is 1. The minimum atomic E-state index is -0.841. The molecule has 0 spiro atoms. The molecule has 2 amide bonds. The van der Waals surface area contributed by atoms with E-state index in [1.807, 2.05) is 26.0 Å². The average molecular weight is 306 g/mol. The van der Waals surface area contributed by atoms with Crippen LogP contribution in [0.2, 0.25) is 0 Å². The summed E-state index contributed by atoms with van der Waals surface area (Å²) in [4.78, 5) is 24.9. The van der Waals surface area contributed by atoms with Crippen LogP contribution in [-0.2, 0) is 4.79 Å². The largest absolute Gasteiger partial charge is 0.494 e. The number of hydrogen-bond donors (Lipinski definition) is 2. The lowest BCUT2D eigenvalue weighted by atomic mass is 9.99. The number of aliphatic carboxylic acids is 1. The molecule has 1 aromatic rings. The molecule has 1 unspecified atom stereocenters. The molecular weight excluding hydrogens is 284 g/mol. The maximum Gasteiger partial charge on any atom is 0.321 e. The predicted octanol–water partition coefficient (Wildman–Crippen LogP) is 2.72. The highest BCUT2D eigenvalue weighted by molar-refractivity contribution is 5.90. The van der Waals surface area contributed by atoms with E-state index in [-0.39, 0.29) is 12.6 Å². The maximum atomic E-state index is 12.3. The molecule has 1 atom stereocenters. The van der Waals surface area contributed by atoms with E-state index in [0.717, 1.165) is 11.3 Å². The molecule has 0 saturated carbocycles. The Labute approximate surface area is 130 Å². The Balaban J connectivity index is 2.02. The van der Waals surface area contributed by atoms with Crippen molar-refractivity contribution in [1.29, 1.82) is 0 Å². The highest BCUT2D eigenvalue weighted by atomic mass is 16.5. The summed E-state index contributed by atoms with van der Waals surface area (Å²) in [6, 6.07) is 5.22. The average Bonchev–Trinajstić information content (AvgIpc) is 2.51. The van der Waals surface area contributed by atoms with Gasteiger partial charge < -0.3 is 20.1 Å². The van der Waals surface area contributed by atoms with Crippen LogP contribution in [0.5, 0.6) is 5.75 Å². The molecule has 1 aromatic carbocycles. The molecule has 0 aromatic heterocycles. The molecule has 1 aliphatic rings. The Morgan fingerprint density at radius 3 is 2.91 bits per heavy atom. The van der Waals surface area contributed by atoms with Crippen LogP contribution in [0.3, 0.4) is 0 Å². The first kappa shape index (κ1) is 16.1. The number of carbonyl (C=O) groups is 2. The second-order valence-electron chi connectivity index (χ2n) is 5.47. The lowest BCUT2D eigenvalue weighted by Gasteiger charge is -2.30. The third-order valence-corrected chi connectivity index (χ3v) is 3.80. The van der Waals surface area contributed by atoms with Gasteiger partial charge >= 0.3 is 12.0 Å². The lowest BCUT2D eigenvalue weighted by Crippen LogP contribution is -2.44. The molecule has 22 heavy (non-hydrogen) atoms. The van der Waals surface area contributed by atoms with Crippen molar-refractivity contribution in [3.05, 3.63) is 23.8 Å². The van der Waals surface area contributed by atoms with Crippen LogP contribution in [0, 0.1) is 12.8 Å². The van der Waals surface area contributed by atoms with Gasteiger partial charge in [-0.2, -0.15) is 0 Å². The Bertz CT molecular complexity index is 559. The number of amides is 2. The highest BCUT2D eigenvalue weighted by Gasteiger charge is 2.28. The third-order valence-electron chi connectivity index (χ3n) is 3.80. The topological polar surface area (TPSA) is 78.9 Å². The monoisotopic (exact) mass is 306 g/mol. The standard InChI is InChI=1S/C16H22N2O4/c1-3-22-14-9-13(7-6-11(14)2)17-16(21)18-8-4-5-12(10-18)15(19)20/h6-7,9,12H,3-5,8,10H2,1-2H3,(H,17,21)(H,19,20). The van der Waals surface area contributed by atoms with Crippen LogP contribution >= 0.6 is 0 Å². The van der Waals surface area contributed by atoms with Crippen LogP contribution < -0.4 is 10.1 Å². The number of hydrogen-bond acceptors (Lipinski definition) is 3.